The van der Waals surface area contributed by atoms with Crippen LogP contribution in [0.1, 0.15) is 53.4 Å². The second kappa shape index (κ2) is 6.03. The van der Waals surface area contributed by atoms with E-state index in [0.29, 0.717) is 6.61 Å². The van der Waals surface area contributed by atoms with Crippen LogP contribution in [0.3, 0.4) is 0 Å². The summed E-state index contributed by atoms with van der Waals surface area (Å²) in [6.45, 7) is 8.14. The van der Waals surface area contributed by atoms with Gasteiger partial charge in [-0.15, -0.1) is 0 Å². The zero-order valence-electron chi connectivity index (χ0n) is 11.3. The molecule has 0 amide bonds. The van der Waals surface area contributed by atoms with E-state index < -0.39 is 5.60 Å². The van der Waals surface area contributed by atoms with E-state index in [0.717, 1.165) is 31.4 Å². The minimum atomic E-state index is -0.532. The van der Waals surface area contributed by atoms with E-state index in [4.69, 9.17) is 9.57 Å². The maximum absolute atomic E-state index is 11.7. The van der Waals surface area contributed by atoms with Crippen molar-refractivity contribution in [2.45, 2.75) is 59.0 Å². The molecule has 0 aliphatic carbocycles. The molecule has 0 radical (unpaired) electrons. The topological polar surface area (TPSA) is 47.9 Å². The fourth-order valence-electron chi connectivity index (χ4n) is 1.90. The number of hydrogen-bond acceptors (Lipinski definition) is 4. The Labute approximate surface area is 103 Å². The SMILES string of the molecule is CCCCC1=NOC(C)(C(C)C(=O)OCC)C1. The molecule has 0 N–H and O–H groups in total. The summed E-state index contributed by atoms with van der Waals surface area (Å²) >= 11 is 0. The normalized spacial score (nSPS) is 25.1. The molecule has 2 atom stereocenters. The predicted molar refractivity (Wildman–Crippen MR) is 66.9 cm³/mol. The smallest absolute Gasteiger partial charge is 0.312 e. The number of oxime groups is 1. The highest BCUT2D eigenvalue weighted by Gasteiger charge is 2.43. The van der Waals surface area contributed by atoms with Gasteiger partial charge in [-0.25, -0.2) is 0 Å². The van der Waals surface area contributed by atoms with Crippen LogP contribution >= 0.6 is 0 Å². The third-order valence-electron chi connectivity index (χ3n) is 3.31. The average Bonchev–Trinajstić information content (AvgIpc) is 2.69. The number of hydrogen-bond donors (Lipinski definition) is 0. The van der Waals surface area contributed by atoms with Crippen LogP contribution in [0.15, 0.2) is 5.16 Å². The third-order valence-corrected chi connectivity index (χ3v) is 3.31. The Morgan fingerprint density at radius 1 is 1.59 bits per heavy atom. The Morgan fingerprint density at radius 3 is 2.88 bits per heavy atom. The number of carbonyl (C=O) groups excluding carboxylic acids is 1. The van der Waals surface area contributed by atoms with Crippen molar-refractivity contribution in [3.05, 3.63) is 0 Å². The molecular formula is C13H23NO3. The number of rotatable bonds is 6. The summed E-state index contributed by atoms with van der Waals surface area (Å²) in [5.74, 6) is -0.493. The molecule has 4 nitrogen and oxygen atoms in total. The maximum Gasteiger partial charge on any atom is 0.312 e. The second-order valence-electron chi connectivity index (χ2n) is 4.82. The lowest BCUT2D eigenvalue weighted by atomic mass is 9.85. The molecule has 1 aliphatic heterocycles. The summed E-state index contributed by atoms with van der Waals surface area (Å²) in [7, 11) is 0. The molecule has 1 heterocycles. The first-order valence-corrected chi connectivity index (χ1v) is 6.44. The van der Waals surface area contributed by atoms with Crippen LogP contribution in [0.5, 0.6) is 0 Å². The van der Waals surface area contributed by atoms with Crippen molar-refractivity contribution in [3.8, 4) is 0 Å². The maximum atomic E-state index is 11.7. The zero-order chi connectivity index (χ0) is 12.9. The molecule has 0 bridgehead atoms. The number of esters is 1. The number of unbranched alkanes of at least 4 members (excludes halogenated alkanes) is 1. The molecule has 0 saturated carbocycles. The van der Waals surface area contributed by atoms with Crippen molar-refractivity contribution in [2.24, 2.45) is 11.1 Å². The van der Waals surface area contributed by atoms with Gasteiger partial charge in [0, 0.05) is 6.42 Å². The molecule has 0 aromatic carbocycles. The van der Waals surface area contributed by atoms with Gasteiger partial charge in [-0.3, -0.25) is 4.79 Å². The van der Waals surface area contributed by atoms with Crippen molar-refractivity contribution in [3.63, 3.8) is 0 Å². The first kappa shape index (κ1) is 14.0. The Hall–Kier alpha value is -1.06. The van der Waals surface area contributed by atoms with Crippen molar-refractivity contribution >= 4 is 11.7 Å². The van der Waals surface area contributed by atoms with Crippen LogP contribution < -0.4 is 0 Å². The molecule has 0 aromatic rings. The van der Waals surface area contributed by atoms with E-state index in [1.165, 1.54) is 0 Å². The van der Waals surface area contributed by atoms with Crippen molar-refractivity contribution in [1.29, 1.82) is 0 Å². The van der Waals surface area contributed by atoms with Gasteiger partial charge in [-0.1, -0.05) is 18.5 Å². The molecule has 4 heteroatoms. The average molecular weight is 241 g/mol. The molecule has 0 aromatic heterocycles. The molecule has 0 saturated heterocycles. The van der Waals surface area contributed by atoms with Crippen LogP contribution in [-0.4, -0.2) is 23.9 Å². The lowest BCUT2D eigenvalue weighted by Crippen LogP contribution is -2.39. The Kier molecular flexibility index (Phi) is 4.97. The van der Waals surface area contributed by atoms with Gasteiger partial charge in [0.2, 0.25) is 0 Å². The van der Waals surface area contributed by atoms with E-state index in [1.807, 2.05) is 20.8 Å². The van der Waals surface area contributed by atoms with Crippen molar-refractivity contribution in [2.75, 3.05) is 6.61 Å². The predicted octanol–water partition coefficient (Wildman–Crippen LogP) is 2.91. The van der Waals surface area contributed by atoms with Crippen LogP contribution in [0.25, 0.3) is 0 Å². The molecule has 1 aliphatic rings. The highest BCUT2D eigenvalue weighted by atomic mass is 16.7. The molecule has 1 rings (SSSR count). The van der Waals surface area contributed by atoms with Gasteiger partial charge < -0.3 is 9.57 Å². The van der Waals surface area contributed by atoms with Gasteiger partial charge in [-0.05, 0) is 33.6 Å². The molecular weight excluding hydrogens is 218 g/mol. The van der Waals surface area contributed by atoms with Crippen LogP contribution in [-0.2, 0) is 14.4 Å². The lowest BCUT2D eigenvalue weighted by Gasteiger charge is -2.26. The van der Waals surface area contributed by atoms with E-state index in [2.05, 4.69) is 12.1 Å². The van der Waals surface area contributed by atoms with Gasteiger partial charge in [0.05, 0.1) is 18.2 Å². The Bertz CT molecular complexity index is 301. The summed E-state index contributed by atoms with van der Waals surface area (Å²) in [5, 5.41) is 4.10. The van der Waals surface area contributed by atoms with Gasteiger partial charge >= 0.3 is 5.97 Å². The van der Waals surface area contributed by atoms with Crippen molar-refractivity contribution in [1.82, 2.24) is 0 Å². The van der Waals surface area contributed by atoms with Gasteiger partial charge in [0.1, 0.15) is 0 Å². The fourth-order valence-corrected chi connectivity index (χ4v) is 1.90. The van der Waals surface area contributed by atoms with E-state index in [-0.39, 0.29) is 11.9 Å². The number of carbonyl (C=O) groups is 1. The molecule has 98 valence electrons. The summed E-state index contributed by atoms with van der Waals surface area (Å²) in [5.41, 5.74) is 0.528. The minimum absolute atomic E-state index is 0.207. The fraction of sp³-hybridized carbons (Fsp3) is 0.846. The largest absolute Gasteiger partial charge is 0.466 e. The second-order valence-corrected chi connectivity index (χ2v) is 4.82. The Balaban J connectivity index is 2.52. The monoisotopic (exact) mass is 241 g/mol. The van der Waals surface area contributed by atoms with Gasteiger partial charge in [-0.2, -0.15) is 0 Å². The minimum Gasteiger partial charge on any atom is -0.466 e. The van der Waals surface area contributed by atoms with E-state index >= 15 is 0 Å². The standard InChI is InChI=1S/C13H23NO3/c1-5-7-8-11-9-13(4,17-14-11)10(3)12(15)16-6-2/h10H,5-9H2,1-4H3. The van der Waals surface area contributed by atoms with Gasteiger partial charge in [0.15, 0.2) is 5.60 Å². The first-order chi connectivity index (χ1) is 8.03. The molecule has 17 heavy (non-hydrogen) atoms. The third kappa shape index (κ3) is 3.45. The van der Waals surface area contributed by atoms with E-state index in [1.54, 1.807) is 0 Å². The molecule has 0 spiro atoms. The quantitative estimate of drug-likeness (QED) is 0.672. The summed E-state index contributed by atoms with van der Waals surface area (Å²) < 4.78 is 5.03. The van der Waals surface area contributed by atoms with Crippen LogP contribution in [0.4, 0.5) is 0 Å². The molecule has 0 fully saturated rings. The zero-order valence-corrected chi connectivity index (χ0v) is 11.3. The lowest BCUT2D eigenvalue weighted by molar-refractivity contribution is -0.158. The molecule has 2 unspecified atom stereocenters. The van der Waals surface area contributed by atoms with Crippen LogP contribution in [0.2, 0.25) is 0 Å². The summed E-state index contributed by atoms with van der Waals surface area (Å²) in [6, 6.07) is 0. The summed E-state index contributed by atoms with van der Waals surface area (Å²) in [6.07, 6.45) is 3.95. The van der Waals surface area contributed by atoms with Crippen LogP contribution in [0, 0.1) is 5.92 Å². The first-order valence-electron chi connectivity index (χ1n) is 6.44. The number of ether oxygens (including phenoxy) is 1. The van der Waals surface area contributed by atoms with Gasteiger partial charge in [0.25, 0.3) is 0 Å². The highest BCUT2D eigenvalue weighted by molar-refractivity contribution is 5.87. The Morgan fingerprint density at radius 2 is 2.29 bits per heavy atom. The highest BCUT2D eigenvalue weighted by Crippen LogP contribution is 2.33. The van der Waals surface area contributed by atoms with E-state index in [9.17, 15) is 4.79 Å². The van der Waals surface area contributed by atoms with Crippen molar-refractivity contribution < 1.29 is 14.4 Å². The summed E-state index contributed by atoms with van der Waals surface area (Å²) in [4.78, 5) is 17.2. The number of nitrogens with zero attached hydrogens (tertiary/aromatic N) is 1.